The van der Waals surface area contributed by atoms with Crippen molar-refractivity contribution in [3.8, 4) is 0 Å². The number of nitrogens with one attached hydrogen (secondary N) is 2. The maximum Gasteiger partial charge on any atom is 0.308 e. The van der Waals surface area contributed by atoms with Gasteiger partial charge in [-0.05, 0) is 31.8 Å². The predicted octanol–water partition coefficient (Wildman–Crippen LogP) is 2.90. The van der Waals surface area contributed by atoms with Crippen molar-refractivity contribution >= 4 is 17.8 Å². The molecule has 0 aromatic heterocycles. The van der Waals surface area contributed by atoms with Crippen LogP contribution in [0.5, 0.6) is 0 Å². The number of hydrogen-bond donors (Lipinski definition) is 4. The number of epoxide rings is 1. The highest BCUT2D eigenvalue weighted by molar-refractivity contribution is 5.88. The molecule has 9 atom stereocenters. The van der Waals surface area contributed by atoms with Crippen molar-refractivity contribution in [3.05, 3.63) is 48.3 Å². The highest BCUT2D eigenvalue weighted by Gasteiger charge is 2.58. The van der Waals surface area contributed by atoms with Crippen molar-refractivity contribution in [1.29, 1.82) is 5.41 Å². The second-order valence-corrected chi connectivity index (χ2v) is 11.0. The number of hydrogen-bond acceptors (Lipinski definition) is 10. The Morgan fingerprint density at radius 1 is 1.20 bits per heavy atom. The van der Waals surface area contributed by atoms with E-state index in [4.69, 9.17) is 29.1 Å². The molecule has 4 N–H and O–H groups in total. The van der Waals surface area contributed by atoms with Gasteiger partial charge in [-0.2, -0.15) is 0 Å². The molecule has 3 aliphatic rings. The van der Waals surface area contributed by atoms with E-state index in [1.165, 1.54) is 26.4 Å². The summed E-state index contributed by atoms with van der Waals surface area (Å²) in [6, 6.07) is -0.150. The molecule has 1 unspecified atom stereocenters. The molecule has 3 aliphatic heterocycles. The average Bonchev–Trinajstić information content (AvgIpc) is 3.71. The largest absolute Gasteiger partial charge is 0.512 e. The van der Waals surface area contributed by atoms with Gasteiger partial charge >= 0.3 is 5.97 Å². The zero-order chi connectivity index (χ0) is 30.2. The fraction of sp³-hybridized carbons (Fsp3) is 0.633. The molecule has 1 spiro atoms. The van der Waals surface area contributed by atoms with Gasteiger partial charge in [-0.1, -0.05) is 44.2 Å². The molecule has 0 saturated carbocycles. The van der Waals surface area contributed by atoms with Crippen LogP contribution in [0, 0.1) is 17.2 Å². The highest BCUT2D eigenvalue weighted by atomic mass is 16.6. The molecule has 3 rings (SSSR count). The minimum absolute atomic E-state index is 0.0133. The standard InChI is InChI=1S/C30H44N2O9/c1-18(23(33)15-26(31)37-4)11-12-27(34)32-22-13-19(2)24(40-20(22)3)9-7-6-8-10-25-29(36)30(17-39-30)16-21(41-25)14-28(35)38-5/h6-8,10-12,15,18-22,24-25,29,31,33,36H,9,13-14,16-17H2,1-5H3,(H,32,34)/b7-6+,10-8+,12-11-,23-15-,31-26?/t18?,19-,20+,21+,22+,24-,25+,29+,30+/m0/s1. The molecule has 0 bridgehead atoms. The second-order valence-electron chi connectivity index (χ2n) is 11.0. The molecule has 41 heavy (non-hydrogen) atoms. The lowest BCUT2D eigenvalue weighted by molar-refractivity contribution is -0.157. The summed E-state index contributed by atoms with van der Waals surface area (Å²) in [4.78, 5) is 24.2. The number of carbonyl (C=O) groups is 2. The number of amides is 1. The van der Waals surface area contributed by atoms with Gasteiger partial charge in [-0.3, -0.25) is 15.0 Å². The summed E-state index contributed by atoms with van der Waals surface area (Å²) >= 11 is 0. The molecule has 11 heteroatoms. The molecule has 3 fully saturated rings. The first-order valence-corrected chi connectivity index (χ1v) is 14.0. The van der Waals surface area contributed by atoms with Gasteiger partial charge < -0.3 is 39.2 Å². The molecule has 0 aromatic carbocycles. The second kappa shape index (κ2) is 14.8. The number of aliphatic hydroxyl groups is 2. The van der Waals surface area contributed by atoms with E-state index in [2.05, 4.69) is 12.2 Å². The molecule has 228 valence electrons. The number of methoxy groups -OCH3 is 2. The predicted molar refractivity (Wildman–Crippen MR) is 151 cm³/mol. The Kier molecular flexibility index (Phi) is 11.7. The molecule has 3 saturated heterocycles. The molecular weight excluding hydrogens is 532 g/mol. The van der Waals surface area contributed by atoms with Gasteiger partial charge in [0.15, 0.2) is 0 Å². The third-order valence-electron chi connectivity index (χ3n) is 7.87. The van der Waals surface area contributed by atoms with Crippen molar-refractivity contribution < 1.29 is 43.5 Å². The SMILES string of the molecule is COC(=N)/C=C(\O)C(C)/C=C\C(=O)N[C@@H]1C[C@H](C)[C@H](C/C=C/C=C/[C@H]2O[C@H](CC(=O)OC)C[C@@]3(CO3)[C@@H]2O)O[C@@H]1C. The molecule has 3 heterocycles. The van der Waals surface area contributed by atoms with Gasteiger partial charge in [0.25, 0.3) is 0 Å². The van der Waals surface area contributed by atoms with E-state index in [9.17, 15) is 19.8 Å². The van der Waals surface area contributed by atoms with Crippen LogP contribution in [0.15, 0.2) is 48.3 Å². The number of allylic oxidation sites excluding steroid dienone is 3. The quantitative estimate of drug-likeness (QED) is 0.0552. The third kappa shape index (κ3) is 9.26. The summed E-state index contributed by atoms with van der Waals surface area (Å²) < 4.78 is 27.1. The van der Waals surface area contributed by atoms with Crippen LogP contribution in [-0.2, 0) is 33.3 Å². The van der Waals surface area contributed by atoms with E-state index in [1.807, 2.05) is 25.2 Å². The van der Waals surface area contributed by atoms with Crippen molar-refractivity contribution in [2.45, 2.75) is 88.6 Å². The van der Waals surface area contributed by atoms with Crippen molar-refractivity contribution in [2.24, 2.45) is 11.8 Å². The van der Waals surface area contributed by atoms with Gasteiger partial charge in [0.2, 0.25) is 11.8 Å². The zero-order valence-electron chi connectivity index (χ0n) is 24.4. The fourth-order valence-corrected chi connectivity index (χ4v) is 5.14. The topological polar surface area (TPSA) is 160 Å². The Hall–Kier alpha value is -2.99. The number of carbonyl (C=O) groups excluding carboxylic acids is 2. The molecule has 0 aliphatic carbocycles. The van der Waals surface area contributed by atoms with Gasteiger partial charge in [0.05, 0.1) is 51.6 Å². The molecule has 0 radical (unpaired) electrons. The Labute approximate surface area is 241 Å². The molecule has 0 aromatic rings. The van der Waals surface area contributed by atoms with Crippen LogP contribution in [0.3, 0.4) is 0 Å². The van der Waals surface area contributed by atoms with Crippen LogP contribution in [0.1, 0.15) is 46.5 Å². The van der Waals surface area contributed by atoms with Crippen LogP contribution in [0.25, 0.3) is 0 Å². The zero-order valence-corrected chi connectivity index (χ0v) is 24.4. The van der Waals surface area contributed by atoms with Crippen LogP contribution in [-0.4, -0.2) is 91.0 Å². The van der Waals surface area contributed by atoms with Crippen molar-refractivity contribution in [2.75, 3.05) is 20.8 Å². The van der Waals surface area contributed by atoms with Crippen molar-refractivity contribution in [1.82, 2.24) is 5.32 Å². The smallest absolute Gasteiger partial charge is 0.308 e. The summed E-state index contributed by atoms with van der Waals surface area (Å²) in [5.41, 5.74) is -0.648. The fourth-order valence-electron chi connectivity index (χ4n) is 5.14. The van der Waals surface area contributed by atoms with E-state index in [1.54, 1.807) is 19.1 Å². The molecule has 11 nitrogen and oxygen atoms in total. The van der Waals surface area contributed by atoms with Gasteiger partial charge in [0, 0.05) is 18.4 Å². The maximum absolute atomic E-state index is 12.5. The minimum atomic E-state index is -0.804. The summed E-state index contributed by atoms with van der Waals surface area (Å²) in [5.74, 6) is -1.11. The van der Waals surface area contributed by atoms with Gasteiger partial charge in [0.1, 0.15) is 23.6 Å². The summed E-state index contributed by atoms with van der Waals surface area (Å²) in [5, 5.41) is 31.1. The summed E-state index contributed by atoms with van der Waals surface area (Å²) in [6.07, 6.45) is 11.7. The highest BCUT2D eigenvalue weighted by Crippen LogP contribution is 2.43. The Bertz CT molecular complexity index is 1050. The van der Waals surface area contributed by atoms with E-state index in [0.29, 0.717) is 19.4 Å². The van der Waals surface area contributed by atoms with Crippen LogP contribution in [0.2, 0.25) is 0 Å². The van der Waals surface area contributed by atoms with Gasteiger partial charge in [-0.15, -0.1) is 0 Å². The lowest BCUT2D eigenvalue weighted by Crippen LogP contribution is -2.50. The van der Waals surface area contributed by atoms with Gasteiger partial charge in [-0.25, -0.2) is 0 Å². The first-order chi connectivity index (χ1) is 19.5. The first-order valence-electron chi connectivity index (χ1n) is 14.0. The lowest BCUT2D eigenvalue weighted by Gasteiger charge is -2.39. The molecule has 1 amide bonds. The van der Waals surface area contributed by atoms with Crippen LogP contribution >= 0.6 is 0 Å². The van der Waals surface area contributed by atoms with Crippen LogP contribution < -0.4 is 5.32 Å². The number of aliphatic hydroxyl groups excluding tert-OH is 2. The minimum Gasteiger partial charge on any atom is -0.512 e. The average molecular weight is 577 g/mol. The summed E-state index contributed by atoms with van der Waals surface area (Å²) in [6.45, 7) is 6.19. The van der Waals surface area contributed by atoms with E-state index >= 15 is 0 Å². The number of ether oxygens (including phenoxy) is 5. The lowest BCUT2D eigenvalue weighted by atomic mass is 9.87. The first kappa shape index (κ1) is 32.5. The number of esters is 1. The normalized spacial score (nSPS) is 34.7. The monoisotopic (exact) mass is 576 g/mol. The van der Waals surface area contributed by atoms with Crippen LogP contribution in [0.4, 0.5) is 0 Å². The van der Waals surface area contributed by atoms with Crippen molar-refractivity contribution in [3.63, 3.8) is 0 Å². The maximum atomic E-state index is 12.5. The Morgan fingerprint density at radius 2 is 1.93 bits per heavy atom. The van der Waals surface area contributed by atoms with E-state index in [0.717, 1.165) is 6.42 Å². The third-order valence-corrected chi connectivity index (χ3v) is 7.87. The Balaban J connectivity index is 1.45. The Morgan fingerprint density at radius 3 is 2.59 bits per heavy atom. The molecular formula is C30H44N2O9. The summed E-state index contributed by atoms with van der Waals surface area (Å²) in [7, 11) is 2.68. The van der Waals surface area contributed by atoms with E-state index < -0.39 is 23.7 Å². The van der Waals surface area contributed by atoms with E-state index in [-0.39, 0.29) is 60.2 Å². The number of rotatable bonds is 11.